The number of aromatic nitrogens is 1. The molecule has 1 N–H and O–H groups in total. The second-order valence-electron chi connectivity index (χ2n) is 4.10. The molecular weight excluding hydrogens is 182 g/mol. The third kappa shape index (κ3) is 1.40. The van der Waals surface area contributed by atoms with Gasteiger partial charge in [0.1, 0.15) is 0 Å². The minimum Gasteiger partial charge on any atom is -0.362 e. The van der Waals surface area contributed by atoms with Gasteiger partial charge in [0.05, 0.1) is 0 Å². The largest absolute Gasteiger partial charge is 0.362 e. The molecule has 0 radical (unpaired) electrons. The number of hydrogen-bond donors (Lipinski definition) is 1. The van der Waals surface area contributed by atoms with E-state index in [2.05, 4.69) is 54.4 Å². The highest BCUT2D eigenvalue weighted by atomic mass is 14.7. The Morgan fingerprint density at radius 1 is 1.07 bits per heavy atom. The maximum atomic E-state index is 3.43. The quantitative estimate of drug-likeness (QED) is 0.566. The Morgan fingerprint density at radius 2 is 1.87 bits per heavy atom. The molecule has 1 aromatic carbocycles. The minimum atomic E-state index is 1.01. The van der Waals surface area contributed by atoms with Gasteiger partial charge >= 0.3 is 0 Å². The maximum Gasteiger partial charge on any atom is 0.0267 e. The van der Waals surface area contributed by atoms with Crippen LogP contribution in [-0.2, 0) is 6.42 Å². The summed E-state index contributed by atoms with van der Waals surface area (Å²) in [5.74, 6) is 0. The van der Waals surface area contributed by atoms with Gasteiger partial charge in [-0.1, -0.05) is 36.4 Å². The van der Waals surface area contributed by atoms with Gasteiger partial charge in [0.25, 0.3) is 0 Å². The minimum absolute atomic E-state index is 1.01. The topological polar surface area (TPSA) is 15.8 Å². The summed E-state index contributed by atoms with van der Waals surface area (Å²) in [5.41, 5.74) is 6.62. The van der Waals surface area contributed by atoms with Gasteiger partial charge in [-0.2, -0.15) is 0 Å². The van der Waals surface area contributed by atoms with Crippen molar-refractivity contribution in [2.75, 3.05) is 0 Å². The number of hydrogen-bond acceptors (Lipinski definition) is 0. The van der Waals surface area contributed by atoms with E-state index in [1.165, 1.54) is 28.1 Å². The van der Waals surface area contributed by atoms with Gasteiger partial charge < -0.3 is 4.98 Å². The van der Waals surface area contributed by atoms with Crippen LogP contribution in [0.5, 0.6) is 0 Å². The van der Waals surface area contributed by atoms with Crippen molar-refractivity contribution in [3.8, 4) is 0 Å². The van der Waals surface area contributed by atoms with E-state index in [1.54, 1.807) is 0 Å². The van der Waals surface area contributed by atoms with Crippen molar-refractivity contribution in [1.29, 1.82) is 0 Å². The van der Waals surface area contributed by atoms with Crippen LogP contribution in [0, 0.1) is 6.92 Å². The van der Waals surface area contributed by atoms with Crippen LogP contribution in [0.15, 0.2) is 30.3 Å². The molecule has 0 saturated heterocycles. The highest BCUT2D eigenvalue weighted by Gasteiger charge is 2.10. The fraction of sp³-hybridized carbons (Fsp3) is 0.143. The molecule has 0 saturated carbocycles. The van der Waals surface area contributed by atoms with Crippen LogP contribution in [0.4, 0.5) is 0 Å². The number of aromatic amines is 1. The van der Waals surface area contributed by atoms with Gasteiger partial charge in [0.15, 0.2) is 0 Å². The lowest BCUT2D eigenvalue weighted by Gasteiger charge is -2.02. The highest BCUT2D eigenvalue weighted by molar-refractivity contribution is 5.75. The second-order valence-corrected chi connectivity index (χ2v) is 4.10. The smallest absolute Gasteiger partial charge is 0.0267 e. The first-order chi connectivity index (χ1) is 7.33. The van der Waals surface area contributed by atoms with Crippen LogP contribution < -0.4 is 0 Å². The zero-order chi connectivity index (χ0) is 10.3. The molecule has 1 nitrogen and oxygen atoms in total. The van der Waals surface area contributed by atoms with Crippen molar-refractivity contribution in [2.45, 2.75) is 13.3 Å². The molecule has 1 heterocycles. The Morgan fingerprint density at radius 3 is 2.80 bits per heavy atom. The Bertz CT molecular complexity index is 532. The van der Waals surface area contributed by atoms with Gasteiger partial charge in [-0.3, -0.25) is 0 Å². The summed E-state index contributed by atoms with van der Waals surface area (Å²) in [7, 11) is 0. The lowest BCUT2D eigenvalue weighted by atomic mass is 10.0. The molecule has 1 heteroatoms. The average Bonchev–Trinajstić information content (AvgIpc) is 2.49. The van der Waals surface area contributed by atoms with Gasteiger partial charge in [0, 0.05) is 17.8 Å². The van der Waals surface area contributed by atoms with Crippen LogP contribution in [0.25, 0.3) is 12.2 Å². The number of nitrogens with one attached hydrogen (secondary N) is 1. The fourth-order valence-electron chi connectivity index (χ4n) is 2.19. The molecule has 0 atom stereocenters. The van der Waals surface area contributed by atoms with E-state index in [9.17, 15) is 0 Å². The summed E-state index contributed by atoms with van der Waals surface area (Å²) in [6.45, 7) is 2.11. The van der Waals surface area contributed by atoms with Crippen LogP contribution in [-0.4, -0.2) is 4.98 Å². The van der Waals surface area contributed by atoms with E-state index in [-0.39, 0.29) is 0 Å². The van der Waals surface area contributed by atoms with E-state index in [1.807, 2.05) is 0 Å². The van der Waals surface area contributed by atoms with Gasteiger partial charge in [-0.15, -0.1) is 0 Å². The molecule has 15 heavy (non-hydrogen) atoms. The molecule has 0 fully saturated rings. The van der Waals surface area contributed by atoms with E-state index >= 15 is 0 Å². The predicted molar refractivity (Wildman–Crippen MR) is 63.7 cm³/mol. The van der Waals surface area contributed by atoms with Crippen molar-refractivity contribution in [3.05, 3.63) is 58.4 Å². The van der Waals surface area contributed by atoms with Crippen LogP contribution in [0.2, 0.25) is 0 Å². The highest BCUT2D eigenvalue weighted by Crippen LogP contribution is 2.24. The first kappa shape index (κ1) is 8.54. The molecule has 3 rings (SSSR count). The lowest BCUT2D eigenvalue weighted by molar-refractivity contribution is 1.08. The van der Waals surface area contributed by atoms with Crippen molar-refractivity contribution >= 4 is 12.2 Å². The van der Waals surface area contributed by atoms with Gasteiger partial charge in [-0.05, 0) is 29.7 Å². The average molecular weight is 195 g/mol. The predicted octanol–water partition coefficient (Wildman–Crippen LogP) is 3.40. The maximum absolute atomic E-state index is 3.43. The van der Waals surface area contributed by atoms with Crippen LogP contribution in [0.1, 0.15) is 28.1 Å². The summed E-state index contributed by atoms with van der Waals surface area (Å²) >= 11 is 0. The molecule has 0 spiro atoms. The van der Waals surface area contributed by atoms with Crippen molar-refractivity contribution < 1.29 is 0 Å². The summed E-state index contributed by atoms with van der Waals surface area (Å²) in [6, 6.07) is 10.8. The zero-order valence-electron chi connectivity index (χ0n) is 8.75. The molecule has 0 bridgehead atoms. The summed E-state index contributed by atoms with van der Waals surface area (Å²) < 4.78 is 0. The molecule has 74 valence electrons. The third-order valence-corrected chi connectivity index (χ3v) is 2.93. The normalized spacial score (nSPS) is 13.1. The molecule has 1 aliphatic carbocycles. The Balaban J connectivity index is 2.17. The van der Waals surface area contributed by atoms with Crippen LogP contribution >= 0.6 is 0 Å². The number of benzene rings is 1. The number of H-pyrrole nitrogens is 1. The SMILES string of the molecule is Cc1cc2c([nH]1)Cc1ccccc1C=C2. The summed E-state index contributed by atoms with van der Waals surface area (Å²) in [4.78, 5) is 3.43. The molecule has 0 unspecified atom stereocenters. The summed E-state index contributed by atoms with van der Waals surface area (Å²) in [5, 5.41) is 0. The number of rotatable bonds is 0. The standard InChI is InChI=1S/C14H13N/c1-10-8-13-7-6-11-4-2-3-5-12(11)9-14(13)15-10/h2-8,15H,9H2,1H3. The third-order valence-electron chi connectivity index (χ3n) is 2.93. The van der Waals surface area contributed by atoms with E-state index < -0.39 is 0 Å². The van der Waals surface area contributed by atoms with Crippen molar-refractivity contribution in [2.24, 2.45) is 0 Å². The Labute approximate surface area is 89.5 Å². The van der Waals surface area contributed by atoms with Gasteiger partial charge in [0.2, 0.25) is 0 Å². The van der Waals surface area contributed by atoms with E-state index in [0.717, 1.165) is 6.42 Å². The Hall–Kier alpha value is -1.76. The van der Waals surface area contributed by atoms with Gasteiger partial charge in [-0.25, -0.2) is 0 Å². The second kappa shape index (κ2) is 3.13. The van der Waals surface area contributed by atoms with Crippen LogP contribution in [0.3, 0.4) is 0 Å². The molecule has 1 aromatic heterocycles. The first-order valence-electron chi connectivity index (χ1n) is 5.27. The van der Waals surface area contributed by atoms with E-state index in [4.69, 9.17) is 0 Å². The molecule has 1 aliphatic rings. The molecular formula is C14H13N. The lowest BCUT2D eigenvalue weighted by Crippen LogP contribution is -1.91. The molecule has 2 aromatic rings. The zero-order valence-corrected chi connectivity index (χ0v) is 8.75. The summed E-state index contributed by atoms with van der Waals surface area (Å²) in [6.07, 6.45) is 5.41. The Kier molecular flexibility index (Phi) is 1.78. The monoisotopic (exact) mass is 195 g/mol. The number of fused-ring (bicyclic) bond motifs is 2. The molecule has 0 aliphatic heterocycles. The van der Waals surface area contributed by atoms with Crippen molar-refractivity contribution in [3.63, 3.8) is 0 Å². The van der Waals surface area contributed by atoms with Crippen molar-refractivity contribution in [1.82, 2.24) is 4.98 Å². The van der Waals surface area contributed by atoms with E-state index in [0.29, 0.717) is 0 Å². The fourth-order valence-corrected chi connectivity index (χ4v) is 2.19. The number of aryl methyl sites for hydroxylation is 1. The molecule has 0 amide bonds. The first-order valence-corrected chi connectivity index (χ1v) is 5.27.